The first-order valence-electron chi connectivity index (χ1n) is 37.8. The van der Waals surface area contributed by atoms with Crippen molar-refractivity contribution in [3.63, 3.8) is 0 Å². The van der Waals surface area contributed by atoms with E-state index in [-0.39, 0.29) is 0 Å². The van der Waals surface area contributed by atoms with Crippen LogP contribution < -0.4 is 0 Å². The summed E-state index contributed by atoms with van der Waals surface area (Å²) in [7, 11) is 0. The molecule has 0 aliphatic rings. The van der Waals surface area contributed by atoms with Crippen LogP contribution in [-0.2, 0) is 0 Å². The second kappa shape index (κ2) is 28.4. The summed E-state index contributed by atoms with van der Waals surface area (Å²) >= 11 is 0. The van der Waals surface area contributed by atoms with Gasteiger partial charge in [-0.2, -0.15) is 0 Å². The lowest BCUT2D eigenvalue weighted by Crippen LogP contribution is -2.00. The third-order valence-corrected chi connectivity index (χ3v) is 21.2. The van der Waals surface area contributed by atoms with E-state index in [0.717, 1.165) is 166 Å². The summed E-state index contributed by atoms with van der Waals surface area (Å²) in [5.41, 5.74) is 26.9. The number of para-hydroxylation sites is 4. The van der Waals surface area contributed by atoms with Crippen LogP contribution in [-0.4, -0.2) is 49.8 Å². The van der Waals surface area contributed by atoms with Gasteiger partial charge in [0, 0.05) is 33.4 Å². The van der Waals surface area contributed by atoms with Gasteiger partial charge in [0.2, 0.25) is 11.4 Å². The highest BCUT2D eigenvalue weighted by atomic mass is 16.3. The van der Waals surface area contributed by atoms with E-state index in [9.17, 15) is 0 Å². The number of aromatic nitrogens is 10. The zero-order valence-electron chi connectivity index (χ0n) is 61.1. The van der Waals surface area contributed by atoms with E-state index in [1.807, 2.05) is 133 Å². The van der Waals surface area contributed by atoms with Crippen molar-refractivity contribution in [2.24, 2.45) is 0 Å². The normalized spacial score (nSPS) is 11.5. The first kappa shape index (κ1) is 66.5. The molecule has 0 fully saturated rings. The number of nitrogens with zero attached hydrogens (tertiary/aromatic N) is 10. The van der Waals surface area contributed by atoms with Gasteiger partial charge < -0.3 is 8.83 Å². The molecular weight excluding hydrogens is 1400 g/mol. The van der Waals surface area contributed by atoms with E-state index in [2.05, 4.69) is 243 Å². The highest BCUT2D eigenvalue weighted by Gasteiger charge is 2.20. The number of fused-ring (bicyclic) bond motifs is 12. The van der Waals surface area contributed by atoms with Gasteiger partial charge in [0.1, 0.15) is 22.2 Å². The molecule has 0 amide bonds. The summed E-state index contributed by atoms with van der Waals surface area (Å²) in [4.78, 5) is 49.0. The fraction of sp³-hybridized carbons (Fsp3) is 0. The van der Waals surface area contributed by atoms with Crippen LogP contribution in [0.2, 0.25) is 0 Å². The Kier molecular flexibility index (Phi) is 16.6. The average molecular weight is 1460 g/mol. The Morgan fingerprint density at radius 2 is 0.368 bits per heavy atom. The molecule has 6 aromatic heterocycles. The summed E-state index contributed by atoms with van der Waals surface area (Å²) in [5, 5.41) is 6.43. The summed E-state index contributed by atoms with van der Waals surface area (Å²) in [6.07, 6.45) is 0. The molecule has 0 spiro atoms. The molecule has 6 heterocycles. The molecule has 0 saturated heterocycles. The third kappa shape index (κ3) is 12.7. The van der Waals surface area contributed by atoms with Gasteiger partial charge in [-0.15, -0.1) is 0 Å². The van der Waals surface area contributed by atoms with E-state index in [1.165, 1.54) is 11.1 Å². The van der Waals surface area contributed by atoms with Crippen LogP contribution in [0, 0.1) is 0 Å². The first-order valence-corrected chi connectivity index (χ1v) is 37.8. The van der Waals surface area contributed by atoms with Crippen molar-refractivity contribution in [2.45, 2.75) is 0 Å². The molecule has 532 valence electrons. The minimum atomic E-state index is 0.559. The molecule has 12 nitrogen and oxygen atoms in total. The summed E-state index contributed by atoms with van der Waals surface area (Å²) < 4.78 is 12.3. The lowest BCUT2D eigenvalue weighted by atomic mass is 9.97. The van der Waals surface area contributed by atoms with Gasteiger partial charge in [-0.3, -0.25) is 0 Å². The maximum Gasteiger partial charge on any atom is 0.246 e. The molecular formula is C102H62N10O2. The highest BCUT2D eigenvalue weighted by Crippen LogP contribution is 2.40. The van der Waals surface area contributed by atoms with E-state index in [0.29, 0.717) is 46.4 Å². The van der Waals surface area contributed by atoms with E-state index in [4.69, 9.17) is 58.7 Å². The van der Waals surface area contributed by atoms with Gasteiger partial charge in [-0.05, 0) is 137 Å². The number of benzene rings is 16. The highest BCUT2D eigenvalue weighted by molar-refractivity contribution is 6.19. The lowest BCUT2D eigenvalue weighted by molar-refractivity contribution is 0.655. The van der Waals surface area contributed by atoms with Crippen molar-refractivity contribution in [1.29, 1.82) is 0 Å². The average Bonchev–Trinajstić information content (AvgIpc) is 1.58. The van der Waals surface area contributed by atoms with Crippen LogP contribution in [0.1, 0.15) is 0 Å². The van der Waals surface area contributed by atoms with Crippen LogP contribution in [0.15, 0.2) is 385 Å². The SMILES string of the molecule is c1ccc(-c2ccc(-c3nc(-c4ccccc4)nc(-c4ccc(-c5ccc(-c6ccc7c(ccc8oc9nc%10ccccc%10nc9c87)c6)cc5)cc4)n3)cc2)cc1.c1ccc(-c2ccc(-c3nc(-c4ccccc4)nc(-c4ccc(-c5ccc(-c6ccc7c(ccc8oc9nc%10ccccc%10nc9c87)c6)cc5)cc4)n3)cc2)cc1. The Balaban J connectivity index is 0.000000143. The van der Waals surface area contributed by atoms with Gasteiger partial charge in [0.05, 0.1) is 32.8 Å². The molecule has 22 aromatic rings. The molecule has 114 heavy (non-hydrogen) atoms. The predicted molar refractivity (Wildman–Crippen MR) is 461 cm³/mol. The fourth-order valence-electron chi connectivity index (χ4n) is 15.2. The van der Waals surface area contributed by atoms with Gasteiger partial charge in [0.25, 0.3) is 0 Å². The van der Waals surface area contributed by atoms with Crippen molar-refractivity contribution in [3.8, 4) is 135 Å². The molecule has 0 atom stereocenters. The van der Waals surface area contributed by atoms with Crippen LogP contribution in [0.25, 0.3) is 223 Å². The minimum Gasteiger partial charge on any atom is -0.436 e. The molecule has 0 saturated carbocycles. The number of rotatable bonds is 12. The molecule has 0 radical (unpaired) electrons. The Labute approximate surface area is 653 Å². The van der Waals surface area contributed by atoms with Crippen molar-refractivity contribution in [2.75, 3.05) is 0 Å². The van der Waals surface area contributed by atoms with Crippen LogP contribution in [0.5, 0.6) is 0 Å². The zero-order chi connectivity index (χ0) is 75.4. The third-order valence-electron chi connectivity index (χ3n) is 21.2. The molecule has 0 aliphatic carbocycles. The van der Waals surface area contributed by atoms with Crippen LogP contribution in [0.3, 0.4) is 0 Å². The quantitative estimate of drug-likeness (QED) is 0.114. The lowest BCUT2D eigenvalue weighted by Gasteiger charge is -2.10. The summed E-state index contributed by atoms with van der Waals surface area (Å²) in [6, 6.07) is 129. The second-order valence-corrected chi connectivity index (χ2v) is 28.2. The van der Waals surface area contributed by atoms with Crippen molar-refractivity contribution in [1.82, 2.24) is 49.8 Å². The topological polar surface area (TPSA) is 155 Å². The predicted octanol–water partition coefficient (Wildman–Crippen LogP) is 25.7. The van der Waals surface area contributed by atoms with Crippen molar-refractivity contribution in [3.05, 3.63) is 376 Å². The number of hydrogen-bond acceptors (Lipinski definition) is 12. The van der Waals surface area contributed by atoms with Gasteiger partial charge in [-0.1, -0.05) is 328 Å². The maximum atomic E-state index is 6.15. The van der Waals surface area contributed by atoms with Gasteiger partial charge >= 0.3 is 0 Å². The molecule has 12 heteroatoms. The zero-order valence-corrected chi connectivity index (χ0v) is 61.1. The van der Waals surface area contributed by atoms with Crippen molar-refractivity contribution >= 4 is 88.0 Å². The Hall–Kier alpha value is -15.7. The maximum absolute atomic E-state index is 6.15. The summed E-state index contributed by atoms with van der Waals surface area (Å²) in [5.74, 6) is 3.81. The first-order chi connectivity index (χ1) is 56.4. The minimum absolute atomic E-state index is 0.559. The molecule has 16 aromatic carbocycles. The Morgan fingerprint density at radius 1 is 0.158 bits per heavy atom. The summed E-state index contributed by atoms with van der Waals surface area (Å²) in [6.45, 7) is 0. The van der Waals surface area contributed by atoms with Gasteiger partial charge in [0.15, 0.2) is 34.9 Å². The van der Waals surface area contributed by atoms with E-state index >= 15 is 0 Å². The molecule has 0 unspecified atom stereocenters. The standard InChI is InChI=1S/2C51H31N5O/c2*1-3-9-32(10-4-1)33-19-23-38(24-20-33)49-54-48(37-11-5-2-6-12-37)55-50(56-49)39-25-21-35(22-26-39)34-15-17-36(18-16-34)40-27-29-42-41(31-40)28-30-45-46(42)47-51(57-45)53-44-14-8-7-13-43(44)52-47/h2*1-31H. The monoisotopic (exact) mass is 1460 g/mol. The molecule has 0 bridgehead atoms. The number of furan rings is 2. The van der Waals surface area contributed by atoms with E-state index in [1.54, 1.807) is 0 Å². The molecule has 0 aliphatic heterocycles. The number of hydrogen-bond donors (Lipinski definition) is 0. The smallest absolute Gasteiger partial charge is 0.246 e. The second-order valence-electron chi connectivity index (χ2n) is 28.2. The van der Waals surface area contributed by atoms with Crippen LogP contribution >= 0.6 is 0 Å². The van der Waals surface area contributed by atoms with Gasteiger partial charge in [-0.25, -0.2) is 49.8 Å². The molecule has 0 N–H and O–H groups in total. The molecule has 22 rings (SSSR count). The van der Waals surface area contributed by atoms with Crippen molar-refractivity contribution < 1.29 is 8.83 Å². The fourth-order valence-corrected chi connectivity index (χ4v) is 15.2. The largest absolute Gasteiger partial charge is 0.436 e. The van der Waals surface area contributed by atoms with E-state index < -0.39 is 0 Å². The van der Waals surface area contributed by atoms with Crippen LogP contribution in [0.4, 0.5) is 0 Å². The Morgan fingerprint density at radius 3 is 0.649 bits per heavy atom. The Bertz CT molecular complexity index is 6950.